The van der Waals surface area contributed by atoms with Crippen LogP contribution in [0.4, 0.5) is 0 Å². The molecule has 0 aliphatic carbocycles. The van der Waals surface area contributed by atoms with Gasteiger partial charge in [0, 0.05) is 11.7 Å². The molecule has 1 heteroatoms. The van der Waals surface area contributed by atoms with Crippen molar-refractivity contribution in [2.24, 2.45) is 0 Å². The van der Waals surface area contributed by atoms with Crippen molar-refractivity contribution < 1.29 is 0 Å². The van der Waals surface area contributed by atoms with Crippen LogP contribution in [0.1, 0.15) is 52.4 Å². The molecule has 19 heavy (non-hydrogen) atoms. The first kappa shape index (κ1) is 14.4. The van der Waals surface area contributed by atoms with Crippen LogP contribution in [-0.2, 0) is 0 Å². The zero-order chi connectivity index (χ0) is 13.5. The fourth-order valence-corrected chi connectivity index (χ4v) is 4.50. The van der Waals surface area contributed by atoms with Gasteiger partial charge in [0.2, 0.25) is 0 Å². The number of hydrogen-bond donors (Lipinski definition) is 0. The normalized spacial score (nSPS) is 17.1. The maximum atomic E-state index is 3.46. The van der Waals surface area contributed by atoms with E-state index in [2.05, 4.69) is 56.0 Å². The highest BCUT2D eigenvalue weighted by Gasteiger charge is 2.35. The topological polar surface area (TPSA) is 0 Å². The second-order valence-electron chi connectivity index (χ2n) is 4.98. The van der Waals surface area contributed by atoms with E-state index < -0.39 is 0 Å². The molecule has 100 valence electrons. The lowest BCUT2D eigenvalue weighted by molar-refractivity contribution is 0.811. The van der Waals surface area contributed by atoms with E-state index in [1.165, 1.54) is 42.7 Å². The van der Waals surface area contributed by atoms with Gasteiger partial charge in [-0.15, -0.1) is 0 Å². The van der Waals surface area contributed by atoms with Crippen LogP contribution in [0.2, 0.25) is 0 Å². The quantitative estimate of drug-likeness (QED) is 0.368. The molecule has 0 amide bonds. The second-order valence-corrected chi connectivity index (χ2v) is 7.15. The average molecular weight is 270 g/mol. The largest absolute Gasteiger partial charge is 0.0978 e. The smallest absolute Gasteiger partial charge is 0.0385 e. The molecule has 0 aromatic heterocycles. The van der Waals surface area contributed by atoms with Gasteiger partial charge in [-0.1, -0.05) is 68.9 Å². The fraction of sp³-hybridized carbons (Fsp3) is 0.444. The summed E-state index contributed by atoms with van der Waals surface area (Å²) in [6, 6.07) is 10.9. The predicted molar refractivity (Wildman–Crippen MR) is 86.8 cm³/mol. The van der Waals surface area contributed by atoms with E-state index >= 15 is 0 Å². The van der Waals surface area contributed by atoms with E-state index in [0.717, 1.165) is 6.42 Å². The van der Waals surface area contributed by atoms with E-state index in [1.54, 1.807) is 5.31 Å². The van der Waals surface area contributed by atoms with Crippen molar-refractivity contribution in [3.63, 3.8) is 0 Å². The summed E-state index contributed by atoms with van der Waals surface area (Å²) >= 11 is 0. The zero-order valence-corrected chi connectivity index (χ0v) is 13.0. The van der Waals surface area contributed by atoms with Crippen LogP contribution in [0, 0.1) is 11.8 Å². The van der Waals surface area contributed by atoms with Gasteiger partial charge >= 0.3 is 0 Å². The molecule has 1 heterocycles. The highest BCUT2D eigenvalue weighted by atomic mass is 31.1. The Morgan fingerprint density at radius 2 is 1.74 bits per heavy atom. The molecular weight excluding hydrogens is 247 g/mol. The molecule has 1 aromatic carbocycles. The molecule has 0 fully saturated rings. The summed E-state index contributed by atoms with van der Waals surface area (Å²) in [5.74, 6) is 6.82. The van der Waals surface area contributed by atoms with Crippen molar-refractivity contribution in [2.45, 2.75) is 52.4 Å². The standard InChI is InChI=1S/C18H23P/c1-3-5-7-11-15-18-17(14-6-4-2)19(18)16-12-9-8-10-13-16/h8-10,12-13H,3-7,14H2,1-2H3. The van der Waals surface area contributed by atoms with Crippen molar-refractivity contribution in [3.8, 4) is 11.8 Å². The summed E-state index contributed by atoms with van der Waals surface area (Å²) in [5.41, 5.74) is 0. The van der Waals surface area contributed by atoms with E-state index in [4.69, 9.17) is 0 Å². The van der Waals surface area contributed by atoms with Crippen molar-refractivity contribution >= 4 is 13.2 Å². The molecule has 0 N–H and O–H groups in total. The Bertz CT molecular complexity index is 487. The Balaban J connectivity index is 2.02. The number of rotatable bonds is 6. The highest BCUT2D eigenvalue weighted by Crippen LogP contribution is 2.69. The maximum absolute atomic E-state index is 3.46. The Morgan fingerprint density at radius 3 is 2.42 bits per heavy atom. The molecule has 0 bridgehead atoms. The molecule has 0 nitrogen and oxygen atoms in total. The van der Waals surface area contributed by atoms with Crippen molar-refractivity contribution in [1.29, 1.82) is 0 Å². The van der Waals surface area contributed by atoms with E-state index in [9.17, 15) is 0 Å². The second kappa shape index (κ2) is 7.52. The molecule has 1 aliphatic rings. The van der Waals surface area contributed by atoms with Crippen LogP contribution in [0.25, 0.3) is 0 Å². The monoisotopic (exact) mass is 270 g/mol. The minimum absolute atomic E-state index is 0.145. The Hall–Kier alpha value is -1.05. The van der Waals surface area contributed by atoms with Crippen molar-refractivity contribution in [2.75, 3.05) is 0 Å². The molecule has 0 radical (unpaired) electrons. The first-order valence-electron chi connectivity index (χ1n) is 7.45. The van der Waals surface area contributed by atoms with E-state index in [1.807, 2.05) is 0 Å². The Kier molecular flexibility index (Phi) is 5.68. The molecule has 1 aromatic rings. The first-order valence-corrected chi connectivity index (χ1v) is 8.79. The number of benzene rings is 1. The van der Waals surface area contributed by atoms with Crippen molar-refractivity contribution in [3.05, 3.63) is 41.0 Å². The van der Waals surface area contributed by atoms with Gasteiger partial charge in [0.1, 0.15) is 0 Å². The minimum atomic E-state index is -0.145. The number of unbranched alkanes of at least 4 members (excludes halogenated alkanes) is 3. The average Bonchev–Trinajstić information content (AvgIpc) is 3.15. The minimum Gasteiger partial charge on any atom is -0.0978 e. The molecule has 0 saturated heterocycles. The SMILES string of the molecule is CCCCC#CC1=C(CCCC)P1c1ccccc1. The number of allylic oxidation sites excluding steroid dienone is 2. The summed E-state index contributed by atoms with van der Waals surface area (Å²) in [7, 11) is -0.145. The number of hydrogen-bond acceptors (Lipinski definition) is 0. The first-order chi connectivity index (χ1) is 9.38. The third-order valence-corrected chi connectivity index (χ3v) is 5.77. The lowest BCUT2D eigenvalue weighted by Crippen LogP contribution is -1.92. The van der Waals surface area contributed by atoms with Gasteiger partial charge in [-0.2, -0.15) is 0 Å². The molecule has 0 saturated carbocycles. The van der Waals surface area contributed by atoms with Crippen LogP contribution in [-0.4, -0.2) is 0 Å². The molecule has 1 aliphatic heterocycles. The molecule has 2 rings (SSSR count). The molecule has 0 spiro atoms. The van der Waals surface area contributed by atoms with E-state index in [-0.39, 0.29) is 7.92 Å². The Morgan fingerprint density at radius 1 is 1.00 bits per heavy atom. The predicted octanol–water partition coefficient (Wildman–Crippen LogP) is 5.40. The van der Waals surface area contributed by atoms with Crippen LogP contribution < -0.4 is 5.30 Å². The van der Waals surface area contributed by atoms with Gasteiger partial charge < -0.3 is 0 Å². The summed E-state index contributed by atoms with van der Waals surface area (Å²) < 4.78 is 0. The zero-order valence-electron chi connectivity index (χ0n) is 12.1. The molecule has 1 atom stereocenters. The van der Waals surface area contributed by atoms with Gasteiger partial charge in [0.15, 0.2) is 0 Å². The summed E-state index contributed by atoms with van der Waals surface area (Å²) in [5, 5.41) is 4.63. The van der Waals surface area contributed by atoms with Gasteiger partial charge in [0.25, 0.3) is 0 Å². The van der Waals surface area contributed by atoms with Crippen LogP contribution in [0.5, 0.6) is 0 Å². The van der Waals surface area contributed by atoms with Gasteiger partial charge in [-0.05, 0) is 37.8 Å². The summed E-state index contributed by atoms with van der Waals surface area (Å²) in [4.78, 5) is 0. The molecular formula is C18H23P. The third-order valence-electron chi connectivity index (χ3n) is 3.36. The summed E-state index contributed by atoms with van der Waals surface area (Å²) in [6.45, 7) is 4.49. The van der Waals surface area contributed by atoms with Gasteiger partial charge in [0.05, 0.1) is 0 Å². The summed E-state index contributed by atoms with van der Waals surface area (Å²) in [6.07, 6.45) is 7.37. The van der Waals surface area contributed by atoms with E-state index in [0.29, 0.717) is 0 Å². The van der Waals surface area contributed by atoms with Crippen LogP contribution in [0.3, 0.4) is 0 Å². The van der Waals surface area contributed by atoms with Crippen LogP contribution >= 0.6 is 7.92 Å². The molecule has 1 unspecified atom stereocenters. The van der Waals surface area contributed by atoms with Gasteiger partial charge in [-0.25, -0.2) is 0 Å². The lowest BCUT2D eigenvalue weighted by Gasteiger charge is -2.00. The maximum Gasteiger partial charge on any atom is 0.0385 e. The Labute approximate surface area is 119 Å². The fourth-order valence-electron chi connectivity index (χ4n) is 2.18. The lowest BCUT2D eigenvalue weighted by atomic mass is 10.2. The van der Waals surface area contributed by atoms with Crippen molar-refractivity contribution in [1.82, 2.24) is 0 Å². The van der Waals surface area contributed by atoms with Gasteiger partial charge in [-0.3, -0.25) is 0 Å². The highest BCUT2D eigenvalue weighted by molar-refractivity contribution is 7.81. The third kappa shape index (κ3) is 3.95. The van der Waals surface area contributed by atoms with Crippen LogP contribution in [0.15, 0.2) is 41.0 Å².